The zero-order valence-electron chi connectivity index (χ0n) is 16.3. The molecule has 0 atom stereocenters. The molecule has 5 nitrogen and oxygen atoms in total. The molecule has 1 aromatic carbocycles. The van der Waals surface area contributed by atoms with Crippen molar-refractivity contribution in [3.63, 3.8) is 0 Å². The van der Waals surface area contributed by atoms with Crippen molar-refractivity contribution >= 4 is 24.3 Å². The van der Waals surface area contributed by atoms with Gasteiger partial charge in [-0.15, -0.1) is 12.4 Å². The molecule has 156 valence electrons. The molecule has 1 aliphatic heterocycles. The second kappa shape index (κ2) is 11.4. The van der Waals surface area contributed by atoms with Gasteiger partial charge in [-0.2, -0.15) is 0 Å². The van der Waals surface area contributed by atoms with E-state index in [0.29, 0.717) is 25.1 Å². The summed E-state index contributed by atoms with van der Waals surface area (Å²) in [4.78, 5) is 28.5. The highest BCUT2D eigenvalue weighted by Crippen LogP contribution is 2.21. The fourth-order valence-corrected chi connectivity index (χ4v) is 3.80. The number of amides is 1. The molecule has 0 radical (unpaired) electrons. The molecular weight excluding hydrogens is 383 g/mol. The van der Waals surface area contributed by atoms with Crippen molar-refractivity contribution in [2.45, 2.75) is 51.0 Å². The van der Waals surface area contributed by atoms with Crippen LogP contribution in [0.15, 0.2) is 24.3 Å². The molecule has 0 bridgehead atoms. The van der Waals surface area contributed by atoms with Gasteiger partial charge in [0, 0.05) is 38.2 Å². The third-order valence-corrected chi connectivity index (χ3v) is 5.49. The van der Waals surface area contributed by atoms with Gasteiger partial charge >= 0.3 is 6.09 Å². The van der Waals surface area contributed by atoms with E-state index < -0.39 is 0 Å². The minimum atomic E-state index is -0.327. The van der Waals surface area contributed by atoms with E-state index in [9.17, 15) is 14.0 Å². The van der Waals surface area contributed by atoms with Crippen molar-refractivity contribution in [3.8, 4) is 0 Å². The van der Waals surface area contributed by atoms with Gasteiger partial charge in [0.05, 0.1) is 0 Å². The Morgan fingerprint density at radius 2 is 1.64 bits per heavy atom. The lowest BCUT2D eigenvalue weighted by atomic mass is 9.98. The SMILES string of the molecule is Cl.O=C(CCCN1CCN(C(=O)OC2CCCCC2)CC1)c1ccc(F)cc1. The lowest BCUT2D eigenvalue weighted by Crippen LogP contribution is -2.49. The summed E-state index contributed by atoms with van der Waals surface area (Å²) in [6, 6.07) is 5.71. The molecule has 1 amide bonds. The third-order valence-electron chi connectivity index (χ3n) is 5.49. The van der Waals surface area contributed by atoms with Crippen LogP contribution in [0.2, 0.25) is 0 Å². The predicted octanol–water partition coefficient (Wildman–Crippen LogP) is 4.30. The van der Waals surface area contributed by atoms with Crippen LogP contribution in [0.25, 0.3) is 0 Å². The van der Waals surface area contributed by atoms with E-state index >= 15 is 0 Å². The average Bonchev–Trinajstić information content (AvgIpc) is 2.69. The molecule has 1 saturated heterocycles. The first-order chi connectivity index (χ1) is 13.1. The number of rotatable bonds is 6. The standard InChI is InChI=1S/C21H29FN2O3.ClH/c22-18-10-8-17(9-11-18)20(25)7-4-12-23-13-15-24(16-14-23)21(26)27-19-5-2-1-3-6-19;/h8-11,19H,1-7,12-16H2;1H. The van der Waals surface area contributed by atoms with Crippen molar-refractivity contribution in [2.75, 3.05) is 32.7 Å². The summed E-state index contributed by atoms with van der Waals surface area (Å²) >= 11 is 0. The topological polar surface area (TPSA) is 49.9 Å². The molecule has 0 spiro atoms. The van der Waals surface area contributed by atoms with E-state index in [1.54, 1.807) is 4.90 Å². The smallest absolute Gasteiger partial charge is 0.410 e. The Kier molecular flexibility index (Phi) is 9.19. The summed E-state index contributed by atoms with van der Waals surface area (Å²) in [5.41, 5.74) is 0.562. The maximum Gasteiger partial charge on any atom is 0.410 e. The molecule has 3 rings (SSSR count). The van der Waals surface area contributed by atoms with Gasteiger partial charge < -0.3 is 9.64 Å². The van der Waals surface area contributed by atoms with Gasteiger partial charge in [-0.25, -0.2) is 9.18 Å². The van der Waals surface area contributed by atoms with Crippen LogP contribution >= 0.6 is 12.4 Å². The van der Waals surface area contributed by atoms with Gasteiger partial charge in [-0.1, -0.05) is 6.42 Å². The number of hydrogen-bond donors (Lipinski definition) is 0. The summed E-state index contributed by atoms with van der Waals surface area (Å²) in [7, 11) is 0. The Hall–Kier alpha value is -1.66. The quantitative estimate of drug-likeness (QED) is 0.654. The van der Waals surface area contributed by atoms with Gasteiger partial charge in [0.1, 0.15) is 11.9 Å². The number of carbonyl (C=O) groups excluding carboxylic acids is 2. The zero-order valence-corrected chi connectivity index (χ0v) is 17.1. The lowest BCUT2D eigenvalue weighted by molar-refractivity contribution is 0.0328. The van der Waals surface area contributed by atoms with Crippen LogP contribution in [-0.4, -0.2) is 60.5 Å². The number of nitrogens with zero attached hydrogens (tertiary/aromatic N) is 2. The largest absolute Gasteiger partial charge is 0.446 e. The molecule has 1 aromatic rings. The Labute approximate surface area is 172 Å². The van der Waals surface area contributed by atoms with Gasteiger partial charge in [0.2, 0.25) is 0 Å². The number of halogens is 2. The highest BCUT2D eigenvalue weighted by Gasteiger charge is 2.25. The van der Waals surface area contributed by atoms with Crippen molar-refractivity contribution in [1.82, 2.24) is 9.80 Å². The van der Waals surface area contributed by atoms with Crippen LogP contribution in [0.4, 0.5) is 9.18 Å². The van der Waals surface area contributed by atoms with E-state index in [2.05, 4.69) is 4.90 Å². The van der Waals surface area contributed by atoms with E-state index in [1.165, 1.54) is 30.7 Å². The summed E-state index contributed by atoms with van der Waals surface area (Å²) in [5.74, 6) is -0.281. The third kappa shape index (κ3) is 6.74. The number of carbonyl (C=O) groups is 2. The first kappa shape index (κ1) is 22.6. The number of ketones is 1. The number of hydrogen-bond acceptors (Lipinski definition) is 4. The first-order valence-electron chi connectivity index (χ1n) is 10.1. The van der Waals surface area contributed by atoms with Gasteiger partial charge in [0.15, 0.2) is 5.78 Å². The normalized spacial score (nSPS) is 18.4. The summed E-state index contributed by atoms with van der Waals surface area (Å²) in [5, 5.41) is 0. The number of benzene rings is 1. The molecule has 28 heavy (non-hydrogen) atoms. The molecule has 0 N–H and O–H groups in total. The first-order valence-corrected chi connectivity index (χ1v) is 10.1. The molecule has 0 unspecified atom stereocenters. The number of ether oxygens (including phenoxy) is 1. The van der Waals surface area contributed by atoms with Crippen molar-refractivity contribution in [2.24, 2.45) is 0 Å². The van der Waals surface area contributed by atoms with Crippen LogP contribution in [0.1, 0.15) is 55.3 Å². The maximum absolute atomic E-state index is 12.9. The lowest BCUT2D eigenvalue weighted by Gasteiger charge is -2.35. The molecular formula is C21H30ClFN2O3. The Morgan fingerprint density at radius 3 is 2.29 bits per heavy atom. The summed E-state index contributed by atoms with van der Waals surface area (Å²) < 4.78 is 18.5. The highest BCUT2D eigenvalue weighted by atomic mass is 35.5. The minimum Gasteiger partial charge on any atom is -0.446 e. The maximum atomic E-state index is 12.9. The van der Waals surface area contributed by atoms with Crippen LogP contribution in [0.5, 0.6) is 0 Å². The van der Waals surface area contributed by atoms with Crippen LogP contribution in [0, 0.1) is 5.82 Å². The second-order valence-corrected chi connectivity index (χ2v) is 7.51. The Bertz CT molecular complexity index is 627. The van der Waals surface area contributed by atoms with Gasteiger partial charge in [-0.3, -0.25) is 9.69 Å². The average molecular weight is 413 g/mol. The van der Waals surface area contributed by atoms with Crippen molar-refractivity contribution in [1.29, 1.82) is 0 Å². The fourth-order valence-electron chi connectivity index (χ4n) is 3.80. The zero-order chi connectivity index (χ0) is 19.1. The molecule has 0 aromatic heterocycles. The van der Waals surface area contributed by atoms with Crippen molar-refractivity contribution < 1.29 is 18.7 Å². The predicted molar refractivity (Wildman–Crippen MR) is 109 cm³/mol. The monoisotopic (exact) mass is 412 g/mol. The van der Waals surface area contributed by atoms with Crippen LogP contribution < -0.4 is 0 Å². The van der Waals surface area contributed by atoms with Crippen molar-refractivity contribution in [3.05, 3.63) is 35.6 Å². The van der Waals surface area contributed by atoms with Crippen LogP contribution in [0.3, 0.4) is 0 Å². The molecule has 7 heteroatoms. The molecule has 1 heterocycles. The Balaban J connectivity index is 0.00000280. The number of piperazine rings is 1. The summed E-state index contributed by atoms with van der Waals surface area (Å²) in [6.07, 6.45) is 6.69. The van der Waals surface area contributed by atoms with Gasteiger partial charge in [0.25, 0.3) is 0 Å². The fraction of sp³-hybridized carbons (Fsp3) is 0.619. The molecule has 2 aliphatic rings. The van der Waals surface area contributed by atoms with E-state index in [4.69, 9.17) is 4.74 Å². The summed E-state index contributed by atoms with van der Waals surface area (Å²) in [6.45, 7) is 3.81. The molecule has 2 fully saturated rings. The second-order valence-electron chi connectivity index (χ2n) is 7.51. The van der Waals surface area contributed by atoms with Gasteiger partial charge in [-0.05, 0) is 62.9 Å². The molecule has 1 aliphatic carbocycles. The highest BCUT2D eigenvalue weighted by molar-refractivity contribution is 5.95. The molecule has 1 saturated carbocycles. The van der Waals surface area contributed by atoms with E-state index in [1.807, 2.05) is 0 Å². The number of Topliss-reactive ketones (excluding diaryl/α,β-unsaturated/α-hetero) is 1. The van der Waals surface area contributed by atoms with E-state index in [-0.39, 0.29) is 36.2 Å². The Morgan fingerprint density at radius 1 is 1.00 bits per heavy atom. The minimum absolute atomic E-state index is 0. The van der Waals surface area contributed by atoms with Crippen LogP contribution in [-0.2, 0) is 4.74 Å². The van der Waals surface area contributed by atoms with E-state index in [0.717, 1.165) is 51.7 Å².